The van der Waals surface area contributed by atoms with E-state index in [1.165, 1.54) is 0 Å². The van der Waals surface area contributed by atoms with Crippen molar-refractivity contribution in [3.8, 4) is 0 Å². The number of amides is 1. The van der Waals surface area contributed by atoms with Crippen molar-refractivity contribution in [1.82, 2.24) is 4.90 Å². The van der Waals surface area contributed by atoms with E-state index in [-0.39, 0.29) is 11.9 Å². The van der Waals surface area contributed by atoms with Gasteiger partial charge in [-0.1, -0.05) is 0 Å². The summed E-state index contributed by atoms with van der Waals surface area (Å²) in [6.07, 6.45) is 5.16. The van der Waals surface area contributed by atoms with Crippen LogP contribution >= 0.6 is 0 Å². The monoisotopic (exact) mass is 236 g/mol. The highest BCUT2D eigenvalue weighted by molar-refractivity contribution is 5.76. The van der Waals surface area contributed by atoms with Gasteiger partial charge < -0.3 is 15.1 Å². The smallest absolute Gasteiger partial charge is 0.223 e. The van der Waals surface area contributed by atoms with Gasteiger partial charge in [0.2, 0.25) is 5.91 Å². The summed E-state index contributed by atoms with van der Waals surface area (Å²) in [4.78, 5) is 14.0. The van der Waals surface area contributed by atoms with Crippen LogP contribution in [-0.4, -0.2) is 22.9 Å². The fraction of sp³-hybridized carbons (Fsp3) is 0.615. The molecule has 1 atom stereocenters. The maximum atomic E-state index is 12.1. The van der Waals surface area contributed by atoms with E-state index in [4.69, 9.17) is 10.2 Å². The van der Waals surface area contributed by atoms with E-state index in [9.17, 15) is 4.79 Å². The second-order valence-corrected chi connectivity index (χ2v) is 4.85. The average Bonchev–Trinajstić information content (AvgIpc) is 3.00. The molecule has 1 saturated carbocycles. The van der Waals surface area contributed by atoms with Gasteiger partial charge in [0.1, 0.15) is 5.76 Å². The molecule has 1 fully saturated rings. The summed E-state index contributed by atoms with van der Waals surface area (Å²) in [5, 5.41) is 0. The summed E-state index contributed by atoms with van der Waals surface area (Å²) in [5.74, 6) is 1.05. The highest BCUT2D eigenvalue weighted by atomic mass is 16.3. The van der Waals surface area contributed by atoms with Crippen LogP contribution in [0.1, 0.15) is 38.4 Å². The van der Waals surface area contributed by atoms with E-state index >= 15 is 0 Å². The molecule has 1 aromatic heterocycles. The van der Waals surface area contributed by atoms with Crippen LogP contribution in [0.4, 0.5) is 0 Å². The molecule has 0 spiro atoms. The predicted octanol–water partition coefficient (Wildman–Crippen LogP) is 1.90. The van der Waals surface area contributed by atoms with E-state index < -0.39 is 0 Å². The first kappa shape index (κ1) is 12.2. The van der Waals surface area contributed by atoms with Crippen LogP contribution in [-0.2, 0) is 11.3 Å². The summed E-state index contributed by atoms with van der Waals surface area (Å²) in [6, 6.07) is 4.27. The van der Waals surface area contributed by atoms with Crippen LogP contribution < -0.4 is 5.73 Å². The molecule has 17 heavy (non-hydrogen) atoms. The lowest BCUT2D eigenvalue weighted by molar-refractivity contribution is -0.132. The maximum absolute atomic E-state index is 12.1. The first-order chi connectivity index (χ1) is 8.16. The van der Waals surface area contributed by atoms with Gasteiger partial charge in [-0.25, -0.2) is 0 Å². The fourth-order valence-electron chi connectivity index (χ4n) is 1.87. The van der Waals surface area contributed by atoms with Crippen molar-refractivity contribution >= 4 is 5.91 Å². The summed E-state index contributed by atoms with van der Waals surface area (Å²) in [5.41, 5.74) is 5.68. The second-order valence-electron chi connectivity index (χ2n) is 4.85. The standard InChI is InChI=1S/C13H20N2O2/c1-10(14)4-7-13(16)15(11-5-6-11)9-12-3-2-8-17-12/h2-3,8,10-11H,4-7,9,14H2,1H3. The third kappa shape index (κ3) is 3.60. The molecule has 94 valence electrons. The summed E-state index contributed by atoms with van der Waals surface area (Å²) >= 11 is 0. The Labute approximate surface area is 102 Å². The van der Waals surface area contributed by atoms with E-state index in [0.29, 0.717) is 19.0 Å². The summed E-state index contributed by atoms with van der Waals surface area (Å²) in [7, 11) is 0. The van der Waals surface area contributed by atoms with Crippen LogP contribution in [0, 0.1) is 0 Å². The van der Waals surface area contributed by atoms with E-state index in [0.717, 1.165) is 25.0 Å². The molecule has 1 amide bonds. The van der Waals surface area contributed by atoms with Crippen molar-refractivity contribution < 1.29 is 9.21 Å². The number of nitrogens with zero attached hydrogens (tertiary/aromatic N) is 1. The van der Waals surface area contributed by atoms with Crippen LogP contribution in [0.5, 0.6) is 0 Å². The Morgan fingerprint density at radius 1 is 1.65 bits per heavy atom. The molecular formula is C13H20N2O2. The zero-order valence-corrected chi connectivity index (χ0v) is 10.3. The molecule has 0 radical (unpaired) electrons. The number of furan rings is 1. The Morgan fingerprint density at radius 3 is 2.94 bits per heavy atom. The Bertz CT molecular complexity index is 356. The van der Waals surface area contributed by atoms with Crippen molar-refractivity contribution in [1.29, 1.82) is 0 Å². The van der Waals surface area contributed by atoms with Gasteiger partial charge in [0.15, 0.2) is 0 Å². The molecule has 1 unspecified atom stereocenters. The topological polar surface area (TPSA) is 59.5 Å². The second kappa shape index (κ2) is 5.36. The van der Waals surface area contributed by atoms with Crippen LogP contribution in [0.25, 0.3) is 0 Å². The summed E-state index contributed by atoms with van der Waals surface area (Å²) < 4.78 is 5.30. The molecule has 0 bridgehead atoms. The Morgan fingerprint density at radius 2 is 2.41 bits per heavy atom. The van der Waals surface area contributed by atoms with E-state index in [1.807, 2.05) is 24.0 Å². The van der Waals surface area contributed by atoms with Gasteiger partial charge in [-0.3, -0.25) is 4.79 Å². The lowest BCUT2D eigenvalue weighted by atomic mass is 10.2. The maximum Gasteiger partial charge on any atom is 0.223 e. The number of nitrogens with two attached hydrogens (primary N) is 1. The predicted molar refractivity (Wildman–Crippen MR) is 65.2 cm³/mol. The lowest BCUT2D eigenvalue weighted by Crippen LogP contribution is -2.33. The Kier molecular flexibility index (Phi) is 3.84. The van der Waals surface area contributed by atoms with Crippen molar-refractivity contribution in [3.63, 3.8) is 0 Å². The Balaban J connectivity index is 1.90. The third-order valence-electron chi connectivity index (χ3n) is 3.03. The molecule has 2 N–H and O–H groups in total. The van der Waals surface area contributed by atoms with Gasteiger partial charge >= 0.3 is 0 Å². The third-order valence-corrected chi connectivity index (χ3v) is 3.03. The van der Waals surface area contributed by atoms with Crippen molar-refractivity contribution in [2.24, 2.45) is 5.73 Å². The van der Waals surface area contributed by atoms with Crippen molar-refractivity contribution in [3.05, 3.63) is 24.2 Å². The fourth-order valence-corrected chi connectivity index (χ4v) is 1.87. The molecule has 0 saturated heterocycles. The first-order valence-electron chi connectivity index (χ1n) is 6.24. The highest BCUT2D eigenvalue weighted by Crippen LogP contribution is 2.29. The largest absolute Gasteiger partial charge is 0.467 e. The van der Waals surface area contributed by atoms with E-state index in [1.54, 1.807) is 6.26 Å². The first-order valence-corrected chi connectivity index (χ1v) is 6.24. The van der Waals surface area contributed by atoms with E-state index in [2.05, 4.69) is 0 Å². The number of carbonyl (C=O) groups is 1. The normalized spacial score (nSPS) is 16.8. The highest BCUT2D eigenvalue weighted by Gasteiger charge is 2.32. The molecular weight excluding hydrogens is 216 g/mol. The zero-order chi connectivity index (χ0) is 12.3. The number of rotatable bonds is 6. The van der Waals surface area contributed by atoms with Crippen LogP contribution in [0.2, 0.25) is 0 Å². The van der Waals surface area contributed by atoms with Gasteiger partial charge in [-0.2, -0.15) is 0 Å². The average molecular weight is 236 g/mol. The molecule has 4 heteroatoms. The number of hydrogen-bond donors (Lipinski definition) is 1. The van der Waals surface area contributed by atoms with Crippen LogP contribution in [0.15, 0.2) is 22.8 Å². The number of carbonyl (C=O) groups excluding carboxylic acids is 1. The molecule has 1 aromatic rings. The number of hydrogen-bond acceptors (Lipinski definition) is 3. The lowest BCUT2D eigenvalue weighted by Gasteiger charge is -2.21. The molecule has 0 aliphatic heterocycles. The minimum atomic E-state index is 0.0867. The molecule has 4 nitrogen and oxygen atoms in total. The van der Waals surface area contributed by atoms with Gasteiger partial charge in [0.25, 0.3) is 0 Å². The molecule has 1 aliphatic rings. The van der Waals surface area contributed by atoms with Gasteiger partial charge in [0, 0.05) is 18.5 Å². The zero-order valence-electron chi connectivity index (χ0n) is 10.3. The van der Waals surface area contributed by atoms with Gasteiger partial charge in [-0.15, -0.1) is 0 Å². The molecule has 1 aliphatic carbocycles. The van der Waals surface area contributed by atoms with Crippen molar-refractivity contribution in [2.45, 2.75) is 51.2 Å². The van der Waals surface area contributed by atoms with Crippen molar-refractivity contribution in [2.75, 3.05) is 0 Å². The Hall–Kier alpha value is -1.29. The van der Waals surface area contributed by atoms with Gasteiger partial charge in [-0.05, 0) is 38.3 Å². The van der Waals surface area contributed by atoms with Crippen LogP contribution in [0.3, 0.4) is 0 Å². The molecule has 0 aromatic carbocycles. The quantitative estimate of drug-likeness (QED) is 0.820. The van der Waals surface area contributed by atoms with Gasteiger partial charge in [0.05, 0.1) is 12.8 Å². The molecule has 1 heterocycles. The minimum Gasteiger partial charge on any atom is -0.467 e. The SMILES string of the molecule is CC(N)CCC(=O)N(Cc1ccco1)C1CC1. The molecule has 2 rings (SSSR count). The minimum absolute atomic E-state index is 0.0867. The summed E-state index contributed by atoms with van der Waals surface area (Å²) in [6.45, 7) is 2.52.